The predicted molar refractivity (Wildman–Crippen MR) is 71.3 cm³/mol. The molecule has 0 saturated heterocycles. The van der Waals surface area contributed by atoms with Crippen LogP contribution < -0.4 is 5.32 Å². The van der Waals surface area contributed by atoms with Crippen LogP contribution in [-0.2, 0) is 0 Å². The second kappa shape index (κ2) is 5.64. The summed E-state index contributed by atoms with van der Waals surface area (Å²) in [5, 5.41) is 3.88. The van der Waals surface area contributed by atoms with Gasteiger partial charge in [-0.3, -0.25) is 0 Å². The molecule has 0 spiro atoms. The van der Waals surface area contributed by atoms with E-state index in [2.05, 4.69) is 22.2 Å². The minimum Gasteiger partial charge on any atom is -0.354 e. The molecular formula is C13H14ClN3. The highest BCUT2D eigenvalue weighted by Crippen LogP contribution is 2.21. The smallest absolute Gasteiger partial charge is 0.223 e. The molecule has 1 aromatic carbocycles. The van der Waals surface area contributed by atoms with Crippen molar-refractivity contribution in [3.63, 3.8) is 0 Å². The Hall–Kier alpha value is -1.61. The van der Waals surface area contributed by atoms with Crippen molar-refractivity contribution in [2.45, 2.75) is 13.3 Å². The van der Waals surface area contributed by atoms with Crippen molar-refractivity contribution in [3.8, 4) is 11.3 Å². The molecule has 0 saturated carbocycles. The lowest BCUT2D eigenvalue weighted by molar-refractivity contribution is 0.953. The highest BCUT2D eigenvalue weighted by Gasteiger charge is 2.02. The van der Waals surface area contributed by atoms with Gasteiger partial charge in [-0.15, -0.1) is 0 Å². The fourth-order valence-corrected chi connectivity index (χ4v) is 1.68. The molecule has 0 amide bonds. The van der Waals surface area contributed by atoms with Crippen molar-refractivity contribution in [2.24, 2.45) is 0 Å². The Labute approximate surface area is 106 Å². The molecule has 0 aliphatic carbocycles. The molecule has 1 heterocycles. The average molecular weight is 248 g/mol. The molecular weight excluding hydrogens is 234 g/mol. The molecule has 0 aliphatic rings. The Morgan fingerprint density at radius 2 is 2.18 bits per heavy atom. The average Bonchev–Trinajstić information content (AvgIpc) is 2.37. The van der Waals surface area contributed by atoms with E-state index in [1.165, 1.54) is 0 Å². The molecule has 4 heteroatoms. The standard InChI is InChI=1S/C13H14ClN3/c1-2-7-15-13-16-8-6-12(17-13)10-4-3-5-11(14)9-10/h3-6,8-9H,2,7H2,1H3,(H,15,16,17). The second-order valence-electron chi connectivity index (χ2n) is 3.70. The van der Waals surface area contributed by atoms with Gasteiger partial charge in [0.05, 0.1) is 5.69 Å². The molecule has 2 rings (SSSR count). The summed E-state index contributed by atoms with van der Waals surface area (Å²) in [6, 6.07) is 9.52. The Bertz CT molecular complexity index is 500. The van der Waals surface area contributed by atoms with Crippen molar-refractivity contribution >= 4 is 17.5 Å². The Morgan fingerprint density at radius 1 is 1.29 bits per heavy atom. The molecule has 1 N–H and O–H groups in total. The molecule has 1 aromatic heterocycles. The minimum absolute atomic E-state index is 0.657. The third-order valence-electron chi connectivity index (χ3n) is 2.31. The molecule has 0 fully saturated rings. The first-order chi connectivity index (χ1) is 8.29. The molecule has 17 heavy (non-hydrogen) atoms. The number of hydrogen-bond donors (Lipinski definition) is 1. The van der Waals surface area contributed by atoms with Gasteiger partial charge in [-0.05, 0) is 24.6 Å². The fourth-order valence-electron chi connectivity index (χ4n) is 1.49. The molecule has 0 aliphatic heterocycles. The van der Waals surface area contributed by atoms with Gasteiger partial charge in [0.2, 0.25) is 5.95 Å². The number of benzene rings is 1. The first kappa shape index (κ1) is 11.9. The van der Waals surface area contributed by atoms with Crippen LogP contribution in [0.2, 0.25) is 5.02 Å². The van der Waals surface area contributed by atoms with Crippen LogP contribution in [0.25, 0.3) is 11.3 Å². The molecule has 0 bridgehead atoms. The van der Waals surface area contributed by atoms with Gasteiger partial charge in [-0.2, -0.15) is 0 Å². The van der Waals surface area contributed by atoms with Gasteiger partial charge >= 0.3 is 0 Å². The van der Waals surface area contributed by atoms with Gasteiger partial charge in [0.25, 0.3) is 0 Å². The Kier molecular flexibility index (Phi) is 3.94. The van der Waals surface area contributed by atoms with E-state index >= 15 is 0 Å². The van der Waals surface area contributed by atoms with Gasteiger partial charge < -0.3 is 5.32 Å². The van der Waals surface area contributed by atoms with Crippen molar-refractivity contribution in [1.29, 1.82) is 0 Å². The topological polar surface area (TPSA) is 37.8 Å². The number of aromatic nitrogens is 2. The van der Waals surface area contributed by atoms with E-state index in [9.17, 15) is 0 Å². The van der Waals surface area contributed by atoms with Crippen LogP contribution in [0.4, 0.5) is 5.95 Å². The van der Waals surface area contributed by atoms with Crippen LogP contribution in [0.3, 0.4) is 0 Å². The van der Waals surface area contributed by atoms with Gasteiger partial charge in [0.15, 0.2) is 0 Å². The van der Waals surface area contributed by atoms with Crippen LogP contribution in [0.1, 0.15) is 13.3 Å². The summed E-state index contributed by atoms with van der Waals surface area (Å²) in [6.07, 6.45) is 2.80. The van der Waals surface area contributed by atoms with E-state index in [0.717, 1.165) is 24.2 Å². The lowest BCUT2D eigenvalue weighted by Crippen LogP contribution is -2.04. The number of nitrogens with one attached hydrogen (secondary N) is 1. The van der Waals surface area contributed by atoms with E-state index < -0.39 is 0 Å². The van der Waals surface area contributed by atoms with Crippen LogP contribution in [0.5, 0.6) is 0 Å². The van der Waals surface area contributed by atoms with Crippen molar-refractivity contribution in [1.82, 2.24) is 9.97 Å². The molecule has 0 atom stereocenters. The highest BCUT2D eigenvalue weighted by molar-refractivity contribution is 6.30. The molecule has 2 aromatic rings. The number of rotatable bonds is 4. The van der Waals surface area contributed by atoms with Crippen LogP contribution >= 0.6 is 11.6 Å². The summed E-state index contributed by atoms with van der Waals surface area (Å²) in [5.74, 6) is 0.657. The van der Waals surface area contributed by atoms with E-state index in [-0.39, 0.29) is 0 Å². The van der Waals surface area contributed by atoms with Gasteiger partial charge in [0, 0.05) is 23.3 Å². The monoisotopic (exact) mass is 247 g/mol. The Morgan fingerprint density at radius 3 is 2.94 bits per heavy atom. The number of hydrogen-bond acceptors (Lipinski definition) is 3. The van der Waals surface area contributed by atoms with Crippen LogP contribution in [0.15, 0.2) is 36.5 Å². The number of anilines is 1. The third-order valence-corrected chi connectivity index (χ3v) is 2.54. The van der Waals surface area contributed by atoms with Gasteiger partial charge in [0.1, 0.15) is 0 Å². The first-order valence-corrected chi connectivity index (χ1v) is 6.00. The van der Waals surface area contributed by atoms with Gasteiger partial charge in [-0.25, -0.2) is 9.97 Å². The maximum atomic E-state index is 5.96. The molecule has 0 radical (unpaired) electrons. The zero-order valence-electron chi connectivity index (χ0n) is 9.65. The minimum atomic E-state index is 0.657. The Balaban J connectivity index is 2.26. The van der Waals surface area contributed by atoms with E-state index in [1.54, 1.807) is 6.20 Å². The van der Waals surface area contributed by atoms with E-state index in [0.29, 0.717) is 11.0 Å². The maximum absolute atomic E-state index is 5.96. The summed E-state index contributed by atoms with van der Waals surface area (Å²) in [6.45, 7) is 2.98. The quantitative estimate of drug-likeness (QED) is 0.897. The lowest BCUT2D eigenvalue weighted by Gasteiger charge is -2.05. The van der Waals surface area contributed by atoms with Crippen LogP contribution in [0, 0.1) is 0 Å². The van der Waals surface area contributed by atoms with E-state index in [1.807, 2.05) is 30.3 Å². The largest absolute Gasteiger partial charge is 0.354 e. The maximum Gasteiger partial charge on any atom is 0.223 e. The summed E-state index contributed by atoms with van der Waals surface area (Å²) in [7, 11) is 0. The predicted octanol–water partition coefficient (Wildman–Crippen LogP) is 3.62. The van der Waals surface area contributed by atoms with E-state index in [4.69, 9.17) is 11.6 Å². The summed E-state index contributed by atoms with van der Waals surface area (Å²) in [5.41, 5.74) is 1.88. The fraction of sp³-hybridized carbons (Fsp3) is 0.231. The highest BCUT2D eigenvalue weighted by atomic mass is 35.5. The number of halogens is 1. The van der Waals surface area contributed by atoms with Crippen molar-refractivity contribution in [3.05, 3.63) is 41.6 Å². The summed E-state index contributed by atoms with van der Waals surface area (Å²) < 4.78 is 0. The third kappa shape index (κ3) is 3.17. The first-order valence-electron chi connectivity index (χ1n) is 5.62. The number of nitrogens with zero attached hydrogens (tertiary/aromatic N) is 2. The lowest BCUT2D eigenvalue weighted by atomic mass is 10.1. The summed E-state index contributed by atoms with van der Waals surface area (Å²) in [4.78, 5) is 8.61. The molecule has 0 unspecified atom stereocenters. The van der Waals surface area contributed by atoms with Crippen molar-refractivity contribution < 1.29 is 0 Å². The SMILES string of the molecule is CCCNc1nccc(-c2cccc(Cl)c2)n1. The van der Waals surface area contributed by atoms with Crippen molar-refractivity contribution in [2.75, 3.05) is 11.9 Å². The zero-order chi connectivity index (χ0) is 12.1. The summed E-state index contributed by atoms with van der Waals surface area (Å²) >= 11 is 5.96. The van der Waals surface area contributed by atoms with Crippen LogP contribution in [-0.4, -0.2) is 16.5 Å². The normalized spacial score (nSPS) is 10.2. The second-order valence-corrected chi connectivity index (χ2v) is 4.14. The van der Waals surface area contributed by atoms with Gasteiger partial charge in [-0.1, -0.05) is 30.7 Å². The molecule has 3 nitrogen and oxygen atoms in total. The zero-order valence-corrected chi connectivity index (χ0v) is 10.4. The molecule has 88 valence electrons.